The van der Waals surface area contributed by atoms with Gasteiger partial charge in [-0.25, -0.2) is 9.59 Å². The van der Waals surface area contributed by atoms with Crippen molar-refractivity contribution in [2.24, 2.45) is 45.3 Å². The maximum absolute atomic E-state index is 12.5. The summed E-state index contributed by atoms with van der Waals surface area (Å²) in [5, 5.41) is 8.58. The number of carbonyl (C=O) groups is 4. The molecule has 8 aromatic heterocycles. The number of anilines is 1. The van der Waals surface area contributed by atoms with Crippen molar-refractivity contribution in [2.75, 3.05) is 12.0 Å². The first-order chi connectivity index (χ1) is 42.0. The van der Waals surface area contributed by atoms with E-state index in [-0.39, 0.29) is 17.6 Å². The summed E-state index contributed by atoms with van der Waals surface area (Å²) in [5.41, 5.74) is 26.1. The predicted molar refractivity (Wildman–Crippen MR) is 355 cm³/mol. The molecule has 8 heterocycles. The third kappa shape index (κ3) is 15.1. The molecule has 4 unspecified atom stereocenters. The van der Waals surface area contributed by atoms with Gasteiger partial charge in [0.1, 0.15) is 22.8 Å². The number of hydrogen-bond donors (Lipinski definition) is 7. The lowest BCUT2D eigenvalue weighted by Gasteiger charge is -2.34. The number of aryl methyl sites for hydroxylation is 4. The Labute approximate surface area is 527 Å². The molecule has 4 aliphatic rings. The van der Waals surface area contributed by atoms with E-state index in [0.717, 1.165) is 113 Å². The average Bonchev–Trinajstić information content (AvgIpc) is 2.18. The number of hydrazine groups is 1. The summed E-state index contributed by atoms with van der Waals surface area (Å²) in [6.07, 6.45) is 12.9. The number of halogens is 1. The number of hydrogen-bond acceptors (Lipinski definition) is 10. The highest BCUT2D eigenvalue weighted by Crippen LogP contribution is 2.42. The average molecular weight is 1230 g/mol. The van der Waals surface area contributed by atoms with Gasteiger partial charge in [-0.1, -0.05) is 101 Å². The van der Waals surface area contributed by atoms with Crippen LogP contribution in [0.1, 0.15) is 203 Å². The number of amides is 1. The molecule has 0 spiro atoms. The molecular weight excluding hydrogens is 1140 g/mol. The topological polar surface area (TPSA) is 237 Å². The van der Waals surface area contributed by atoms with Crippen molar-refractivity contribution in [1.29, 1.82) is 0 Å². The molecule has 7 N–H and O–H groups in total. The Hall–Kier alpha value is -7.85. The Morgan fingerprint density at radius 3 is 1.17 bits per heavy atom. The number of aromatic nitrogens is 8. The zero-order chi connectivity index (χ0) is 63.9. The van der Waals surface area contributed by atoms with Gasteiger partial charge in [-0.2, -0.15) is 0 Å². The number of nitrogens with one attached hydrogen (secondary N) is 6. The quantitative estimate of drug-likeness (QED) is 0.0450. The molecule has 0 saturated carbocycles. The van der Waals surface area contributed by atoms with Gasteiger partial charge in [0.25, 0.3) is 11.1 Å². The van der Waals surface area contributed by atoms with E-state index in [9.17, 15) is 19.2 Å². The van der Waals surface area contributed by atoms with Crippen molar-refractivity contribution in [3.63, 3.8) is 0 Å². The van der Waals surface area contributed by atoms with Gasteiger partial charge in [-0.05, 0) is 224 Å². The Bertz CT molecular complexity index is 3970. The minimum atomic E-state index is -0.937. The second-order valence-corrected chi connectivity index (χ2v) is 29.7. The van der Waals surface area contributed by atoms with Gasteiger partial charge in [-0.15, -0.1) is 0 Å². The van der Waals surface area contributed by atoms with Gasteiger partial charge in [0.15, 0.2) is 0 Å². The zero-order valence-electron chi connectivity index (χ0n) is 54.2. The molecule has 470 valence electrons. The van der Waals surface area contributed by atoms with Crippen LogP contribution in [0.2, 0.25) is 0 Å². The van der Waals surface area contributed by atoms with Crippen molar-refractivity contribution in [1.82, 2.24) is 45.3 Å². The van der Waals surface area contributed by atoms with E-state index < -0.39 is 11.2 Å². The smallest absolute Gasteiger partial charge is 0.354 e. The summed E-state index contributed by atoms with van der Waals surface area (Å²) in [5.74, 6) is 1.22. The third-order valence-corrected chi connectivity index (χ3v) is 19.2. The molecule has 89 heavy (non-hydrogen) atoms. The summed E-state index contributed by atoms with van der Waals surface area (Å²) < 4.78 is 5.05. The van der Waals surface area contributed by atoms with Crippen LogP contribution in [0.25, 0.3) is 44.1 Å². The van der Waals surface area contributed by atoms with Crippen molar-refractivity contribution in [3.8, 4) is 0 Å². The van der Waals surface area contributed by atoms with Crippen molar-refractivity contribution in [3.05, 3.63) is 147 Å². The van der Waals surface area contributed by atoms with E-state index in [1.54, 1.807) is 18.2 Å². The van der Waals surface area contributed by atoms with Crippen LogP contribution in [0, 0.1) is 45.3 Å². The predicted octanol–water partition coefficient (Wildman–Crippen LogP) is 15.9. The monoisotopic (exact) mass is 1220 g/mol. The number of para-hydroxylation sites is 1. The zero-order valence-corrected chi connectivity index (χ0v) is 54.9. The van der Waals surface area contributed by atoms with Crippen LogP contribution >= 0.6 is 11.6 Å². The number of aromatic carboxylic acids is 1. The van der Waals surface area contributed by atoms with Gasteiger partial charge in [0.2, 0.25) is 0 Å². The van der Waals surface area contributed by atoms with E-state index in [4.69, 9.17) is 36.4 Å². The second kappa shape index (κ2) is 25.6. The summed E-state index contributed by atoms with van der Waals surface area (Å²) in [7, 11) is 0. The highest BCUT2D eigenvalue weighted by Gasteiger charge is 2.34. The van der Waals surface area contributed by atoms with E-state index in [1.807, 2.05) is 43.3 Å². The summed E-state index contributed by atoms with van der Waals surface area (Å²) >= 11 is 5.52. The molecule has 0 fully saturated rings. The number of H-pyrrole nitrogens is 4. The molecule has 0 radical (unpaired) electrons. The third-order valence-electron chi connectivity index (χ3n) is 19.0. The fourth-order valence-electron chi connectivity index (χ4n) is 13.2. The number of nitrogens with zero attached hydrogens (tertiary/aromatic N) is 4. The number of aromatic amines is 4. The SMILES string of the molecule is CC(C)(C)C1CCc2nc3cc(C(=O)Cl)[nH]c3cc2C1.CC(C)(C)C1CCc2nc3cc(C(=O)NNc4ccccc4)[nH]c3cc2C1.CC(C)(C)C1CCc2nc3cc(C(=O)O)[nH]c3cc2C1.CCOC(=O)c1cc2nc3c(cc2[nH]1)CC(C(C)(C)C)CC3. The number of carbonyl (C=O) groups excluding carboxylic acids is 3. The molecule has 0 saturated heterocycles. The molecule has 9 aromatic rings. The second-order valence-electron chi connectivity index (χ2n) is 29.3. The maximum Gasteiger partial charge on any atom is 0.354 e. The molecule has 4 aliphatic carbocycles. The van der Waals surface area contributed by atoms with Gasteiger partial charge in [0.05, 0.1) is 56.4 Å². The highest BCUT2D eigenvalue weighted by molar-refractivity contribution is 6.67. The van der Waals surface area contributed by atoms with Crippen LogP contribution in [-0.4, -0.2) is 74.7 Å². The van der Waals surface area contributed by atoms with Crippen LogP contribution < -0.4 is 10.9 Å². The number of benzene rings is 1. The Morgan fingerprint density at radius 1 is 0.494 bits per heavy atom. The van der Waals surface area contributed by atoms with Crippen molar-refractivity contribution >= 4 is 84.5 Å². The van der Waals surface area contributed by atoms with E-state index in [0.29, 0.717) is 69.0 Å². The first-order valence-corrected chi connectivity index (χ1v) is 32.1. The van der Waals surface area contributed by atoms with E-state index >= 15 is 0 Å². The molecule has 16 nitrogen and oxygen atoms in total. The molecule has 0 aliphatic heterocycles. The van der Waals surface area contributed by atoms with Crippen LogP contribution in [0.5, 0.6) is 0 Å². The van der Waals surface area contributed by atoms with Crippen molar-refractivity contribution in [2.45, 2.75) is 167 Å². The number of carboxylic acids is 1. The minimum absolute atomic E-state index is 0.206. The number of rotatable bonds is 7. The fraction of sp³-hybridized carbons (Fsp3) is 0.472. The summed E-state index contributed by atoms with van der Waals surface area (Å²) in [6, 6.07) is 25.1. The van der Waals surface area contributed by atoms with Gasteiger partial charge >= 0.3 is 11.9 Å². The summed E-state index contributed by atoms with van der Waals surface area (Å²) in [4.78, 5) is 77.8. The normalized spacial score (nSPS) is 18.2. The number of esters is 1. The molecule has 1 amide bonds. The standard InChI is InChI=1S/C22H26N4O.C18H24N2O2.C16H19ClN2O.C16H20N2O2/c1-22(2,3)15-9-10-17-14(11-15)12-18-19(23-17)13-20(24-18)21(27)26-25-16-7-5-4-6-8-16;1-5-22-17(21)16-10-15-14(20-16)9-11-8-12(18(2,3)4)6-7-13(11)19-15;1-16(2,3)10-4-5-11-9(6-10)7-12-13(18-11)8-14(19-12)15(17)20;1-16(2,3)10-4-5-11-9(6-10)7-12-13(17-11)8-14(18-12)15(19)20/h4-8,12-13,15,24-25H,9-11H2,1-3H3,(H,26,27);9-10,12,20H,5-8H2,1-4H3;7-8,10,19H,4-6H2,1-3H3;7-8,10,18H,4-6H2,1-3H3,(H,19,20). The lowest BCUT2D eigenvalue weighted by atomic mass is 9.71. The molecular formula is C72H89ClN10O6. The number of pyridine rings is 4. The lowest BCUT2D eigenvalue weighted by molar-refractivity contribution is 0.0519. The molecule has 1 aromatic carbocycles. The van der Waals surface area contributed by atoms with Gasteiger partial charge in [-0.3, -0.25) is 40.4 Å². The number of fused-ring (bicyclic) bond motifs is 8. The Balaban J connectivity index is 0.000000132. The first kappa shape index (κ1) is 64.1. The number of ether oxygens (including phenoxy) is 1. The molecule has 13 rings (SSSR count). The molecule has 0 bridgehead atoms. The van der Waals surface area contributed by atoms with Crippen LogP contribution in [-0.2, 0) is 56.1 Å². The minimum Gasteiger partial charge on any atom is -0.477 e. The lowest BCUT2D eigenvalue weighted by Crippen LogP contribution is -2.29. The van der Waals surface area contributed by atoms with E-state index in [1.165, 1.54) is 58.6 Å². The van der Waals surface area contributed by atoms with Crippen LogP contribution in [0.3, 0.4) is 0 Å². The first-order valence-electron chi connectivity index (χ1n) is 31.7. The molecule has 4 atom stereocenters. The van der Waals surface area contributed by atoms with Crippen molar-refractivity contribution < 1.29 is 29.0 Å². The van der Waals surface area contributed by atoms with Gasteiger partial charge < -0.3 is 29.8 Å². The summed E-state index contributed by atoms with van der Waals surface area (Å²) in [6.45, 7) is 29.8. The Morgan fingerprint density at radius 2 is 0.820 bits per heavy atom. The van der Waals surface area contributed by atoms with Crippen LogP contribution in [0.4, 0.5) is 5.69 Å². The highest BCUT2D eigenvalue weighted by atomic mass is 35.5. The van der Waals surface area contributed by atoms with Gasteiger partial charge in [0, 0.05) is 22.8 Å². The van der Waals surface area contributed by atoms with E-state index in [2.05, 4.69) is 143 Å². The Kier molecular flexibility index (Phi) is 18.4. The maximum atomic E-state index is 12.5. The fourth-order valence-corrected chi connectivity index (χ4v) is 13.3. The molecule has 17 heteroatoms. The van der Waals surface area contributed by atoms with Crippen LogP contribution in [0.15, 0.2) is 78.9 Å². The largest absolute Gasteiger partial charge is 0.477 e. The number of carboxylic acid groups (broad SMARTS) is 1.